The van der Waals surface area contributed by atoms with Crippen molar-refractivity contribution in [1.82, 2.24) is 5.32 Å². The Bertz CT molecular complexity index is 309. The largest absolute Gasteiger partial charge is 0.389 e. The molecule has 2 rings (SSSR count). The van der Waals surface area contributed by atoms with Gasteiger partial charge in [0.1, 0.15) is 0 Å². The van der Waals surface area contributed by atoms with E-state index in [-0.39, 0.29) is 5.54 Å². The first-order chi connectivity index (χ1) is 7.68. The number of nitrogens with one attached hydrogen (secondary N) is 1. The van der Waals surface area contributed by atoms with Gasteiger partial charge in [0.2, 0.25) is 0 Å². The second kappa shape index (κ2) is 5.27. The van der Waals surface area contributed by atoms with Crippen LogP contribution in [0.1, 0.15) is 24.6 Å². The molecule has 0 amide bonds. The Morgan fingerprint density at radius 3 is 3.06 bits per heavy atom. The van der Waals surface area contributed by atoms with Crippen LogP contribution < -0.4 is 5.32 Å². The molecule has 0 radical (unpaired) electrons. The van der Waals surface area contributed by atoms with Crippen LogP contribution in [-0.4, -0.2) is 29.9 Å². The van der Waals surface area contributed by atoms with Gasteiger partial charge < -0.3 is 15.2 Å². The molecule has 1 aliphatic carbocycles. The molecular formula is C12H19NO2S. The summed E-state index contributed by atoms with van der Waals surface area (Å²) < 4.78 is 5.45. The van der Waals surface area contributed by atoms with Gasteiger partial charge in [-0.25, -0.2) is 0 Å². The van der Waals surface area contributed by atoms with E-state index < -0.39 is 6.10 Å². The molecule has 1 fully saturated rings. The zero-order valence-corrected chi connectivity index (χ0v) is 10.4. The van der Waals surface area contributed by atoms with Crippen LogP contribution in [0.15, 0.2) is 17.5 Å². The highest BCUT2D eigenvalue weighted by atomic mass is 32.1. The van der Waals surface area contributed by atoms with Crippen molar-refractivity contribution in [2.75, 3.05) is 13.2 Å². The molecule has 0 saturated heterocycles. The molecular weight excluding hydrogens is 222 g/mol. The molecule has 16 heavy (non-hydrogen) atoms. The normalized spacial score (nSPS) is 19.6. The minimum absolute atomic E-state index is 0.286. The fourth-order valence-corrected chi connectivity index (χ4v) is 2.12. The van der Waals surface area contributed by atoms with Crippen molar-refractivity contribution in [2.45, 2.75) is 38.0 Å². The van der Waals surface area contributed by atoms with Gasteiger partial charge in [0.05, 0.1) is 19.3 Å². The third-order valence-electron chi connectivity index (χ3n) is 2.90. The Balaban J connectivity index is 1.55. The fraction of sp³-hybridized carbons (Fsp3) is 0.667. The van der Waals surface area contributed by atoms with Crippen LogP contribution >= 0.6 is 11.3 Å². The van der Waals surface area contributed by atoms with Gasteiger partial charge in [0.15, 0.2) is 0 Å². The van der Waals surface area contributed by atoms with Crippen LogP contribution in [0.25, 0.3) is 0 Å². The van der Waals surface area contributed by atoms with Gasteiger partial charge in [0.25, 0.3) is 0 Å². The Morgan fingerprint density at radius 2 is 2.44 bits per heavy atom. The van der Waals surface area contributed by atoms with E-state index in [2.05, 4.69) is 12.2 Å². The van der Waals surface area contributed by atoms with Gasteiger partial charge in [-0.05, 0) is 31.2 Å². The highest BCUT2D eigenvalue weighted by Gasteiger charge is 2.36. The number of thiophene rings is 1. The maximum Gasteiger partial charge on any atom is 0.0898 e. The maximum absolute atomic E-state index is 9.68. The number of β-amino-alcohol motifs (C(OH)–C–C–N with tert-alkyl or cyclic N) is 1. The van der Waals surface area contributed by atoms with E-state index in [1.54, 1.807) is 11.3 Å². The molecule has 1 aromatic heterocycles. The molecule has 3 nitrogen and oxygen atoms in total. The summed E-state index contributed by atoms with van der Waals surface area (Å²) in [4.78, 5) is 1.20. The number of rotatable bonds is 7. The Hall–Kier alpha value is -0.420. The predicted molar refractivity (Wildman–Crippen MR) is 65.6 cm³/mol. The molecule has 1 saturated carbocycles. The Morgan fingerprint density at radius 1 is 1.62 bits per heavy atom. The average Bonchev–Trinajstić information content (AvgIpc) is 2.80. The molecule has 0 aliphatic heterocycles. The third-order valence-corrected chi connectivity index (χ3v) is 3.75. The first kappa shape index (κ1) is 12.0. The van der Waals surface area contributed by atoms with E-state index in [9.17, 15) is 5.11 Å². The zero-order chi connectivity index (χ0) is 11.4. The summed E-state index contributed by atoms with van der Waals surface area (Å²) >= 11 is 1.68. The molecule has 0 bridgehead atoms. The molecule has 1 atom stereocenters. The van der Waals surface area contributed by atoms with Gasteiger partial charge in [-0.2, -0.15) is 0 Å². The van der Waals surface area contributed by atoms with E-state index in [0.29, 0.717) is 19.8 Å². The minimum Gasteiger partial charge on any atom is -0.389 e. The van der Waals surface area contributed by atoms with Gasteiger partial charge >= 0.3 is 0 Å². The fourth-order valence-electron chi connectivity index (χ4n) is 1.48. The third kappa shape index (κ3) is 3.87. The van der Waals surface area contributed by atoms with Crippen LogP contribution in [0.2, 0.25) is 0 Å². The summed E-state index contributed by atoms with van der Waals surface area (Å²) in [7, 11) is 0. The summed E-state index contributed by atoms with van der Waals surface area (Å²) in [6, 6.07) is 4.05. The smallest absolute Gasteiger partial charge is 0.0898 e. The van der Waals surface area contributed by atoms with E-state index in [4.69, 9.17) is 4.74 Å². The molecule has 4 heteroatoms. The average molecular weight is 241 g/mol. The topological polar surface area (TPSA) is 41.5 Å². The van der Waals surface area contributed by atoms with E-state index >= 15 is 0 Å². The minimum atomic E-state index is -0.405. The van der Waals surface area contributed by atoms with Gasteiger partial charge in [-0.3, -0.25) is 0 Å². The molecule has 1 heterocycles. The lowest BCUT2D eigenvalue weighted by Gasteiger charge is -2.15. The summed E-state index contributed by atoms with van der Waals surface area (Å²) in [5, 5.41) is 15.1. The predicted octanol–water partition coefficient (Wildman–Crippen LogP) is 1.77. The highest BCUT2D eigenvalue weighted by molar-refractivity contribution is 7.09. The van der Waals surface area contributed by atoms with Crippen molar-refractivity contribution in [1.29, 1.82) is 0 Å². The first-order valence-corrected chi connectivity index (χ1v) is 6.59. The Labute approximate surface area is 100 Å². The number of hydrogen-bond donors (Lipinski definition) is 2. The molecule has 0 aromatic carbocycles. The van der Waals surface area contributed by atoms with Gasteiger partial charge in [-0.15, -0.1) is 11.3 Å². The lowest BCUT2D eigenvalue weighted by atomic mass is 10.3. The van der Waals surface area contributed by atoms with Crippen molar-refractivity contribution >= 4 is 11.3 Å². The van der Waals surface area contributed by atoms with Crippen LogP contribution in [0, 0.1) is 0 Å². The first-order valence-electron chi connectivity index (χ1n) is 5.71. The summed E-state index contributed by atoms with van der Waals surface area (Å²) in [5.41, 5.74) is 0.286. The molecule has 1 aromatic rings. The van der Waals surface area contributed by atoms with Crippen molar-refractivity contribution in [3.8, 4) is 0 Å². The van der Waals surface area contributed by atoms with E-state index in [0.717, 1.165) is 0 Å². The lowest BCUT2D eigenvalue weighted by Crippen LogP contribution is -2.37. The summed E-state index contributed by atoms with van der Waals surface area (Å²) in [5.74, 6) is 0. The quantitative estimate of drug-likeness (QED) is 0.764. The van der Waals surface area contributed by atoms with Crippen molar-refractivity contribution in [2.24, 2.45) is 0 Å². The molecule has 2 N–H and O–H groups in total. The van der Waals surface area contributed by atoms with E-state index in [1.807, 2.05) is 17.5 Å². The standard InChI is InChI=1S/C12H19NO2S/c1-12(4-5-12)13-7-10(14)8-15-9-11-3-2-6-16-11/h2-3,6,10,13-14H,4-5,7-9H2,1H3. The second-order valence-corrected chi connectivity index (χ2v) is 5.72. The number of aliphatic hydroxyl groups excluding tert-OH is 1. The lowest BCUT2D eigenvalue weighted by molar-refractivity contribution is 0.0284. The van der Waals surface area contributed by atoms with E-state index in [1.165, 1.54) is 17.7 Å². The SMILES string of the molecule is CC1(NCC(O)COCc2cccs2)CC1. The van der Waals surface area contributed by atoms with Crippen molar-refractivity contribution in [3.63, 3.8) is 0 Å². The summed E-state index contributed by atoms with van der Waals surface area (Å²) in [6.45, 7) is 3.82. The van der Waals surface area contributed by atoms with Gasteiger partial charge in [-0.1, -0.05) is 6.07 Å². The number of ether oxygens (including phenoxy) is 1. The maximum atomic E-state index is 9.68. The van der Waals surface area contributed by atoms with Crippen LogP contribution in [0.4, 0.5) is 0 Å². The van der Waals surface area contributed by atoms with Crippen molar-refractivity contribution < 1.29 is 9.84 Å². The zero-order valence-electron chi connectivity index (χ0n) is 9.61. The van der Waals surface area contributed by atoms with Crippen LogP contribution in [-0.2, 0) is 11.3 Å². The number of aliphatic hydroxyl groups is 1. The second-order valence-electron chi connectivity index (χ2n) is 4.69. The Kier molecular flexibility index (Phi) is 3.97. The molecule has 90 valence electrons. The van der Waals surface area contributed by atoms with Crippen LogP contribution in [0.5, 0.6) is 0 Å². The molecule has 0 spiro atoms. The highest BCUT2D eigenvalue weighted by Crippen LogP contribution is 2.33. The monoisotopic (exact) mass is 241 g/mol. The van der Waals surface area contributed by atoms with Gasteiger partial charge in [0, 0.05) is 17.0 Å². The molecule has 1 aliphatic rings. The summed E-state index contributed by atoms with van der Waals surface area (Å²) in [6.07, 6.45) is 2.03. The number of hydrogen-bond acceptors (Lipinski definition) is 4. The van der Waals surface area contributed by atoms with Crippen molar-refractivity contribution in [3.05, 3.63) is 22.4 Å². The van der Waals surface area contributed by atoms with Crippen LogP contribution in [0.3, 0.4) is 0 Å². The molecule has 1 unspecified atom stereocenters.